The first-order valence-corrected chi connectivity index (χ1v) is 6.55. The number of fused-ring (bicyclic) bond motifs is 1. The molecule has 2 aliphatic rings. The average molecular weight is 246 g/mol. The van der Waals surface area contributed by atoms with Gasteiger partial charge in [-0.25, -0.2) is 0 Å². The Bertz CT molecular complexity index is 453. The summed E-state index contributed by atoms with van der Waals surface area (Å²) in [7, 11) is 0. The number of rotatable bonds is 3. The van der Waals surface area contributed by atoms with Crippen molar-refractivity contribution in [3.63, 3.8) is 0 Å². The quantitative estimate of drug-likeness (QED) is 0.848. The molecule has 1 saturated heterocycles. The van der Waals surface area contributed by atoms with Crippen molar-refractivity contribution in [2.75, 3.05) is 31.6 Å². The minimum atomic E-state index is 0.0246. The van der Waals surface area contributed by atoms with Crippen LogP contribution in [0.2, 0.25) is 0 Å². The number of benzene rings is 1. The lowest BCUT2D eigenvalue weighted by Crippen LogP contribution is -2.29. The van der Waals surface area contributed by atoms with E-state index >= 15 is 0 Å². The van der Waals surface area contributed by atoms with E-state index in [0.29, 0.717) is 12.5 Å². The maximum atomic E-state index is 12.0. The molecule has 0 bridgehead atoms. The monoisotopic (exact) mass is 246 g/mol. The molecule has 1 fully saturated rings. The number of nitrogens with one attached hydrogen (secondary N) is 2. The van der Waals surface area contributed by atoms with Crippen molar-refractivity contribution in [1.82, 2.24) is 5.32 Å². The topological polar surface area (TPSA) is 50.4 Å². The molecule has 0 aromatic heterocycles. The molecule has 4 nitrogen and oxygen atoms in total. The van der Waals surface area contributed by atoms with Crippen molar-refractivity contribution < 1.29 is 9.53 Å². The summed E-state index contributed by atoms with van der Waals surface area (Å²) in [5, 5.41) is 6.29. The summed E-state index contributed by atoms with van der Waals surface area (Å²) in [6.45, 7) is 3.29. The number of anilines is 1. The van der Waals surface area contributed by atoms with E-state index in [9.17, 15) is 4.79 Å². The zero-order chi connectivity index (χ0) is 12.4. The number of ether oxygens (including phenoxy) is 1. The number of amides is 1. The van der Waals surface area contributed by atoms with Crippen LogP contribution in [0.15, 0.2) is 18.2 Å². The Balaban J connectivity index is 1.61. The molecule has 0 spiro atoms. The summed E-state index contributed by atoms with van der Waals surface area (Å²) in [5.74, 6) is 0.502. The van der Waals surface area contributed by atoms with Crippen LogP contribution in [-0.4, -0.2) is 32.2 Å². The Morgan fingerprint density at radius 3 is 3.28 bits per heavy atom. The molecule has 0 saturated carbocycles. The van der Waals surface area contributed by atoms with E-state index in [-0.39, 0.29) is 5.91 Å². The van der Waals surface area contributed by atoms with E-state index in [0.717, 1.165) is 43.9 Å². The van der Waals surface area contributed by atoms with Gasteiger partial charge < -0.3 is 15.4 Å². The van der Waals surface area contributed by atoms with E-state index in [1.54, 1.807) is 0 Å². The fourth-order valence-corrected chi connectivity index (χ4v) is 2.53. The van der Waals surface area contributed by atoms with Crippen LogP contribution in [0.3, 0.4) is 0 Å². The lowest BCUT2D eigenvalue weighted by Gasteiger charge is -2.10. The fourth-order valence-electron chi connectivity index (χ4n) is 2.53. The SMILES string of the molecule is O=C(NC[C@H]1CCOC1)c1ccc2c(c1)CCN2. The fraction of sp³-hybridized carbons (Fsp3) is 0.500. The highest BCUT2D eigenvalue weighted by Gasteiger charge is 2.17. The minimum Gasteiger partial charge on any atom is -0.384 e. The number of carbonyl (C=O) groups is 1. The molecular weight excluding hydrogens is 228 g/mol. The summed E-state index contributed by atoms with van der Waals surface area (Å²) >= 11 is 0. The zero-order valence-corrected chi connectivity index (χ0v) is 10.4. The van der Waals surface area contributed by atoms with Gasteiger partial charge in [0.1, 0.15) is 0 Å². The molecule has 2 aliphatic heterocycles. The largest absolute Gasteiger partial charge is 0.384 e. The number of hydrogen-bond acceptors (Lipinski definition) is 3. The van der Waals surface area contributed by atoms with Crippen molar-refractivity contribution in [2.45, 2.75) is 12.8 Å². The summed E-state index contributed by atoms with van der Waals surface area (Å²) < 4.78 is 5.30. The lowest BCUT2D eigenvalue weighted by atomic mass is 10.1. The standard InChI is InChI=1S/C14H18N2O2/c17-14(16-8-10-4-6-18-9-10)12-1-2-13-11(7-12)3-5-15-13/h1-2,7,10,15H,3-6,8-9H2,(H,16,17)/t10-/m1/s1. The summed E-state index contributed by atoms with van der Waals surface area (Å²) in [5.41, 5.74) is 3.17. The molecule has 2 heterocycles. The van der Waals surface area contributed by atoms with Crippen LogP contribution < -0.4 is 10.6 Å². The maximum absolute atomic E-state index is 12.0. The van der Waals surface area contributed by atoms with E-state index in [2.05, 4.69) is 10.6 Å². The molecular formula is C14H18N2O2. The van der Waals surface area contributed by atoms with Gasteiger partial charge in [-0.1, -0.05) is 0 Å². The van der Waals surface area contributed by atoms with Crippen LogP contribution in [0.1, 0.15) is 22.3 Å². The molecule has 0 radical (unpaired) electrons. The Morgan fingerprint density at radius 2 is 2.44 bits per heavy atom. The second kappa shape index (κ2) is 4.98. The van der Waals surface area contributed by atoms with Crippen LogP contribution in [0.25, 0.3) is 0 Å². The first kappa shape index (κ1) is 11.5. The van der Waals surface area contributed by atoms with Gasteiger partial charge in [-0.15, -0.1) is 0 Å². The molecule has 1 aromatic carbocycles. The molecule has 1 aromatic rings. The Morgan fingerprint density at radius 1 is 1.50 bits per heavy atom. The number of hydrogen-bond donors (Lipinski definition) is 2. The Kier molecular flexibility index (Phi) is 3.19. The molecule has 96 valence electrons. The highest BCUT2D eigenvalue weighted by Crippen LogP contribution is 2.23. The van der Waals surface area contributed by atoms with E-state index in [4.69, 9.17) is 4.74 Å². The summed E-state index contributed by atoms with van der Waals surface area (Å²) in [4.78, 5) is 12.0. The second-order valence-electron chi connectivity index (χ2n) is 4.99. The van der Waals surface area contributed by atoms with Crippen LogP contribution >= 0.6 is 0 Å². The molecule has 4 heteroatoms. The normalized spacial score (nSPS) is 21.4. The van der Waals surface area contributed by atoms with Crippen molar-refractivity contribution >= 4 is 11.6 Å². The molecule has 3 rings (SSSR count). The molecule has 18 heavy (non-hydrogen) atoms. The average Bonchev–Trinajstić information content (AvgIpc) is 3.05. The number of carbonyl (C=O) groups excluding carboxylic acids is 1. The van der Waals surface area contributed by atoms with E-state index < -0.39 is 0 Å². The van der Waals surface area contributed by atoms with Crippen molar-refractivity contribution in [2.24, 2.45) is 5.92 Å². The van der Waals surface area contributed by atoms with Crippen LogP contribution in [0.5, 0.6) is 0 Å². The predicted octanol–water partition coefficient (Wildman–Crippen LogP) is 1.42. The Labute approximate surface area is 107 Å². The minimum absolute atomic E-state index is 0.0246. The Hall–Kier alpha value is -1.55. The van der Waals surface area contributed by atoms with Crippen molar-refractivity contribution in [3.8, 4) is 0 Å². The molecule has 2 N–H and O–H groups in total. The van der Waals surface area contributed by atoms with E-state index in [1.807, 2.05) is 18.2 Å². The van der Waals surface area contributed by atoms with Gasteiger partial charge >= 0.3 is 0 Å². The van der Waals surface area contributed by atoms with Gasteiger partial charge in [-0.3, -0.25) is 4.79 Å². The smallest absolute Gasteiger partial charge is 0.251 e. The van der Waals surface area contributed by atoms with Gasteiger partial charge in [0.2, 0.25) is 0 Å². The molecule has 0 aliphatic carbocycles. The third-order valence-electron chi connectivity index (χ3n) is 3.65. The zero-order valence-electron chi connectivity index (χ0n) is 10.4. The summed E-state index contributed by atoms with van der Waals surface area (Å²) in [6.07, 6.45) is 2.06. The van der Waals surface area contributed by atoms with Gasteiger partial charge in [-0.2, -0.15) is 0 Å². The van der Waals surface area contributed by atoms with Gasteiger partial charge in [0.25, 0.3) is 5.91 Å². The third-order valence-corrected chi connectivity index (χ3v) is 3.65. The molecule has 1 amide bonds. The van der Waals surface area contributed by atoms with Crippen LogP contribution in [0.4, 0.5) is 5.69 Å². The highest BCUT2D eigenvalue weighted by atomic mass is 16.5. The molecule has 1 atom stereocenters. The first-order chi connectivity index (χ1) is 8.83. The van der Waals surface area contributed by atoms with Gasteiger partial charge in [0.15, 0.2) is 0 Å². The van der Waals surface area contributed by atoms with Crippen LogP contribution in [-0.2, 0) is 11.2 Å². The highest BCUT2D eigenvalue weighted by molar-refractivity contribution is 5.95. The third kappa shape index (κ3) is 2.34. The van der Waals surface area contributed by atoms with Gasteiger partial charge in [-0.05, 0) is 36.6 Å². The van der Waals surface area contributed by atoms with Crippen molar-refractivity contribution in [3.05, 3.63) is 29.3 Å². The van der Waals surface area contributed by atoms with Crippen LogP contribution in [0, 0.1) is 5.92 Å². The second-order valence-corrected chi connectivity index (χ2v) is 4.99. The van der Waals surface area contributed by atoms with Gasteiger partial charge in [0, 0.05) is 36.9 Å². The van der Waals surface area contributed by atoms with Crippen molar-refractivity contribution in [1.29, 1.82) is 0 Å². The first-order valence-electron chi connectivity index (χ1n) is 6.55. The predicted molar refractivity (Wildman–Crippen MR) is 69.9 cm³/mol. The summed E-state index contributed by atoms with van der Waals surface area (Å²) in [6, 6.07) is 5.88. The van der Waals surface area contributed by atoms with Gasteiger partial charge in [0.05, 0.1) is 6.61 Å². The lowest BCUT2D eigenvalue weighted by molar-refractivity contribution is 0.0945. The maximum Gasteiger partial charge on any atom is 0.251 e. The molecule has 0 unspecified atom stereocenters. The van der Waals surface area contributed by atoms with E-state index in [1.165, 1.54) is 5.56 Å².